The molecule has 1 fully saturated rings. The molecule has 1 saturated carbocycles. The molecule has 0 unspecified atom stereocenters. The summed E-state index contributed by atoms with van der Waals surface area (Å²) in [4.78, 5) is 24.2. The highest BCUT2D eigenvalue weighted by molar-refractivity contribution is 7.98. The van der Waals surface area contributed by atoms with Gasteiger partial charge in [0.15, 0.2) is 5.76 Å². The monoisotopic (exact) mass is 331 g/mol. The maximum atomic E-state index is 12.3. The first-order valence-corrected chi connectivity index (χ1v) is 8.40. The van der Waals surface area contributed by atoms with Gasteiger partial charge in [0.1, 0.15) is 0 Å². The molecule has 5 nitrogen and oxygen atoms in total. The minimum Gasteiger partial charge on any atom is -0.481 e. The molecule has 1 aliphatic carbocycles. The number of hydrogen-bond acceptors (Lipinski definition) is 4. The zero-order chi connectivity index (χ0) is 16.2. The fourth-order valence-corrected chi connectivity index (χ4v) is 3.41. The first kappa shape index (κ1) is 15.7. The van der Waals surface area contributed by atoms with Gasteiger partial charge in [0.25, 0.3) is 5.91 Å². The van der Waals surface area contributed by atoms with Gasteiger partial charge in [-0.15, -0.1) is 11.8 Å². The number of amides is 1. The Kier molecular flexibility index (Phi) is 4.71. The maximum Gasteiger partial charge on any atom is 0.306 e. The van der Waals surface area contributed by atoms with E-state index in [1.54, 1.807) is 17.8 Å². The molecule has 0 bridgehead atoms. The van der Waals surface area contributed by atoms with E-state index in [2.05, 4.69) is 5.32 Å². The van der Waals surface area contributed by atoms with Crippen LogP contribution in [0.1, 0.15) is 29.0 Å². The topological polar surface area (TPSA) is 79.5 Å². The molecule has 2 aromatic rings. The van der Waals surface area contributed by atoms with Crippen molar-refractivity contribution in [2.24, 2.45) is 5.92 Å². The number of benzene rings is 1. The smallest absolute Gasteiger partial charge is 0.306 e. The molecule has 23 heavy (non-hydrogen) atoms. The molecule has 0 saturated heterocycles. The summed E-state index contributed by atoms with van der Waals surface area (Å²) in [6, 6.07) is 11.7. The second-order valence-corrected chi connectivity index (χ2v) is 6.60. The summed E-state index contributed by atoms with van der Waals surface area (Å²) >= 11 is 1.63. The summed E-state index contributed by atoms with van der Waals surface area (Å²) in [7, 11) is 0. The fourth-order valence-electron chi connectivity index (χ4n) is 2.51. The van der Waals surface area contributed by atoms with Crippen LogP contribution in [0.15, 0.2) is 52.0 Å². The summed E-state index contributed by atoms with van der Waals surface area (Å²) in [5, 5.41) is 11.7. The Hall–Kier alpha value is -2.21. The van der Waals surface area contributed by atoms with E-state index in [-0.39, 0.29) is 17.9 Å². The lowest BCUT2D eigenvalue weighted by Gasteiger charge is -2.32. The molecule has 1 aromatic heterocycles. The maximum absolute atomic E-state index is 12.3. The number of furan rings is 1. The third-order valence-electron chi connectivity index (χ3n) is 3.91. The fraction of sp³-hybridized carbons (Fsp3) is 0.294. The molecular weight excluding hydrogens is 314 g/mol. The van der Waals surface area contributed by atoms with E-state index in [9.17, 15) is 9.59 Å². The Morgan fingerprint density at radius 3 is 2.65 bits per heavy atom. The van der Waals surface area contributed by atoms with Crippen molar-refractivity contribution in [1.29, 1.82) is 0 Å². The number of carbonyl (C=O) groups is 2. The zero-order valence-corrected chi connectivity index (χ0v) is 13.2. The third-order valence-corrected chi connectivity index (χ3v) is 4.97. The molecule has 1 aliphatic rings. The van der Waals surface area contributed by atoms with Crippen LogP contribution >= 0.6 is 11.8 Å². The van der Waals surface area contributed by atoms with Gasteiger partial charge in [-0.25, -0.2) is 0 Å². The molecule has 0 aliphatic heterocycles. The number of rotatable bonds is 6. The molecule has 2 N–H and O–H groups in total. The van der Waals surface area contributed by atoms with E-state index in [0.29, 0.717) is 24.4 Å². The van der Waals surface area contributed by atoms with Crippen molar-refractivity contribution in [1.82, 2.24) is 5.32 Å². The van der Waals surface area contributed by atoms with Crippen molar-refractivity contribution in [3.05, 3.63) is 54.0 Å². The van der Waals surface area contributed by atoms with Crippen molar-refractivity contribution in [2.75, 3.05) is 0 Å². The van der Waals surface area contributed by atoms with Crippen molar-refractivity contribution in [3.63, 3.8) is 0 Å². The van der Waals surface area contributed by atoms with E-state index < -0.39 is 5.97 Å². The van der Waals surface area contributed by atoms with Crippen LogP contribution < -0.4 is 5.32 Å². The number of hydrogen-bond donors (Lipinski definition) is 2. The summed E-state index contributed by atoms with van der Waals surface area (Å²) in [6.07, 6.45) is 2.47. The summed E-state index contributed by atoms with van der Waals surface area (Å²) < 4.78 is 5.32. The van der Waals surface area contributed by atoms with Crippen LogP contribution in [0.3, 0.4) is 0 Å². The van der Waals surface area contributed by atoms with E-state index in [1.807, 2.05) is 30.3 Å². The Labute approximate surface area is 138 Å². The minimum absolute atomic E-state index is 0.0803. The molecule has 3 rings (SSSR count). The minimum atomic E-state index is -0.798. The standard InChI is InChI=1S/C17H17NO4S/c19-16(18-13-8-12(9-13)17(20)21)15-11(6-7-22-15)10-23-14-4-2-1-3-5-14/h1-7,12-13H,8-10H2,(H,18,19)(H,20,21). The number of carboxylic acids is 1. The Balaban J connectivity index is 1.55. The van der Waals surface area contributed by atoms with Crippen molar-refractivity contribution in [2.45, 2.75) is 29.5 Å². The van der Waals surface area contributed by atoms with Crippen LogP contribution in [0.2, 0.25) is 0 Å². The lowest BCUT2D eigenvalue weighted by molar-refractivity contribution is -0.145. The molecule has 0 atom stereocenters. The second-order valence-electron chi connectivity index (χ2n) is 5.55. The Morgan fingerprint density at radius 2 is 1.96 bits per heavy atom. The molecule has 1 heterocycles. The first-order valence-electron chi connectivity index (χ1n) is 7.41. The number of thioether (sulfide) groups is 1. The van der Waals surface area contributed by atoms with Crippen LogP contribution in [0, 0.1) is 5.92 Å². The molecule has 1 amide bonds. The normalized spacial score (nSPS) is 19.8. The van der Waals surface area contributed by atoms with Crippen molar-refractivity contribution < 1.29 is 19.1 Å². The average Bonchev–Trinajstić information content (AvgIpc) is 2.97. The van der Waals surface area contributed by atoms with Crippen molar-refractivity contribution >= 4 is 23.6 Å². The second kappa shape index (κ2) is 6.91. The summed E-state index contributed by atoms with van der Waals surface area (Å²) in [5.74, 6) is -0.454. The highest BCUT2D eigenvalue weighted by atomic mass is 32.2. The highest BCUT2D eigenvalue weighted by Crippen LogP contribution is 2.29. The SMILES string of the molecule is O=C(NC1CC(C(=O)O)C1)c1occc1CSc1ccccc1. The van der Waals surface area contributed by atoms with Crippen LogP contribution in [0.5, 0.6) is 0 Å². The average molecular weight is 331 g/mol. The van der Waals surface area contributed by atoms with Crippen LogP contribution in [-0.2, 0) is 10.5 Å². The third kappa shape index (κ3) is 3.76. The van der Waals surface area contributed by atoms with E-state index >= 15 is 0 Å². The van der Waals surface area contributed by atoms with Gasteiger partial charge in [-0.1, -0.05) is 18.2 Å². The number of carboxylic acid groups (broad SMARTS) is 1. The number of carbonyl (C=O) groups excluding carboxylic acids is 1. The van der Waals surface area contributed by atoms with Gasteiger partial charge in [-0.3, -0.25) is 9.59 Å². The quantitative estimate of drug-likeness (QED) is 0.795. The van der Waals surface area contributed by atoms with E-state index in [0.717, 1.165) is 10.5 Å². The van der Waals surface area contributed by atoms with Gasteiger partial charge >= 0.3 is 5.97 Å². The highest BCUT2D eigenvalue weighted by Gasteiger charge is 2.36. The summed E-state index contributed by atoms with van der Waals surface area (Å²) in [5.41, 5.74) is 0.838. The lowest BCUT2D eigenvalue weighted by Crippen LogP contribution is -2.46. The van der Waals surface area contributed by atoms with Gasteiger partial charge in [0, 0.05) is 22.3 Å². The molecule has 0 radical (unpaired) electrons. The predicted molar refractivity (Wildman–Crippen MR) is 86.3 cm³/mol. The largest absolute Gasteiger partial charge is 0.481 e. The number of aliphatic carboxylic acids is 1. The van der Waals surface area contributed by atoms with E-state index in [1.165, 1.54) is 6.26 Å². The van der Waals surface area contributed by atoms with Gasteiger partial charge in [-0.2, -0.15) is 0 Å². The Bertz CT molecular complexity index is 692. The summed E-state index contributed by atoms with van der Waals surface area (Å²) in [6.45, 7) is 0. The molecule has 120 valence electrons. The molecule has 1 aromatic carbocycles. The Morgan fingerprint density at radius 1 is 1.22 bits per heavy atom. The van der Waals surface area contributed by atoms with Crippen molar-refractivity contribution in [3.8, 4) is 0 Å². The zero-order valence-electron chi connectivity index (χ0n) is 12.4. The van der Waals surface area contributed by atoms with Gasteiger partial charge < -0.3 is 14.8 Å². The first-order chi connectivity index (χ1) is 11.1. The van der Waals surface area contributed by atoms with Crippen LogP contribution in [-0.4, -0.2) is 23.0 Å². The lowest BCUT2D eigenvalue weighted by atomic mass is 9.80. The van der Waals surface area contributed by atoms with Gasteiger partial charge in [-0.05, 0) is 31.0 Å². The van der Waals surface area contributed by atoms with Gasteiger partial charge in [0.05, 0.1) is 12.2 Å². The number of nitrogens with one attached hydrogen (secondary N) is 1. The predicted octanol–water partition coefficient (Wildman–Crippen LogP) is 3.16. The van der Waals surface area contributed by atoms with Crippen LogP contribution in [0.25, 0.3) is 0 Å². The molecule has 0 spiro atoms. The molecule has 6 heteroatoms. The van der Waals surface area contributed by atoms with Crippen LogP contribution in [0.4, 0.5) is 0 Å². The molecular formula is C17H17NO4S. The van der Waals surface area contributed by atoms with E-state index in [4.69, 9.17) is 9.52 Å². The van der Waals surface area contributed by atoms with Gasteiger partial charge in [0.2, 0.25) is 0 Å².